The molecule has 0 fully saturated rings. The van der Waals surface area contributed by atoms with Crippen LogP contribution < -0.4 is 10.6 Å². The Bertz CT molecular complexity index is 534. The minimum atomic E-state index is -0.244. The zero-order valence-electron chi connectivity index (χ0n) is 10.3. The van der Waals surface area contributed by atoms with Crippen LogP contribution in [-0.2, 0) is 6.54 Å². The first-order chi connectivity index (χ1) is 9.29. The Hall–Kier alpha value is -2.63. The highest BCUT2D eigenvalue weighted by Gasteiger charge is 2.07. The molecule has 0 radical (unpaired) electrons. The lowest BCUT2D eigenvalue weighted by Gasteiger charge is -2.04. The molecule has 0 spiro atoms. The monoisotopic (exact) mass is 258 g/mol. The van der Waals surface area contributed by atoms with Gasteiger partial charge in [-0.2, -0.15) is 0 Å². The van der Waals surface area contributed by atoms with Crippen LogP contribution in [0, 0.1) is 0 Å². The molecule has 0 unspecified atom stereocenters. The van der Waals surface area contributed by atoms with Gasteiger partial charge in [0.25, 0.3) is 5.91 Å². The lowest BCUT2D eigenvalue weighted by Crippen LogP contribution is -2.23. The molecule has 19 heavy (non-hydrogen) atoms. The summed E-state index contributed by atoms with van der Waals surface area (Å²) in [7, 11) is 0. The SMILES string of the molecule is C=CCNc1ncc(C(=O)NCc2ccco2)cn1. The van der Waals surface area contributed by atoms with Gasteiger partial charge in [-0.3, -0.25) is 4.79 Å². The molecule has 0 atom stereocenters. The van der Waals surface area contributed by atoms with Crippen molar-refractivity contribution in [2.24, 2.45) is 0 Å². The van der Waals surface area contributed by atoms with Crippen molar-refractivity contribution in [3.8, 4) is 0 Å². The van der Waals surface area contributed by atoms with E-state index in [1.807, 2.05) is 0 Å². The van der Waals surface area contributed by atoms with E-state index in [4.69, 9.17) is 4.42 Å². The lowest BCUT2D eigenvalue weighted by atomic mass is 10.3. The molecule has 2 N–H and O–H groups in total. The van der Waals surface area contributed by atoms with E-state index in [0.29, 0.717) is 30.4 Å². The van der Waals surface area contributed by atoms with Crippen molar-refractivity contribution in [3.63, 3.8) is 0 Å². The summed E-state index contributed by atoms with van der Waals surface area (Å²) in [6, 6.07) is 3.56. The minimum absolute atomic E-state index is 0.244. The molecule has 0 aliphatic carbocycles. The van der Waals surface area contributed by atoms with E-state index in [-0.39, 0.29) is 5.91 Å². The molecule has 0 bridgehead atoms. The number of furan rings is 1. The van der Waals surface area contributed by atoms with Gasteiger partial charge in [-0.1, -0.05) is 6.08 Å². The van der Waals surface area contributed by atoms with E-state index >= 15 is 0 Å². The second-order valence-electron chi connectivity index (χ2n) is 3.73. The predicted octanol–water partition coefficient (Wildman–Crippen LogP) is 1.60. The Balaban J connectivity index is 1.90. The maximum Gasteiger partial charge on any atom is 0.254 e. The molecule has 2 rings (SSSR count). The number of nitrogens with one attached hydrogen (secondary N) is 2. The molecule has 6 nitrogen and oxygen atoms in total. The van der Waals surface area contributed by atoms with E-state index in [1.165, 1.54) is 12.4 Å². The number of nitrogens with zero attached hydrogens (tertiary/aromatic N) is 2. The standard InChI is InChI=1S/C13H14N4O2/c1-2-5-14-13-16-7-10(8-17-13)12(18)15-9-11-4-3-6-19-11/h2-4,6-8H,1,5,9H2,(H,15,18)(H,14,16,17). The molecule has 2 aromatic heterocycles. The summed E-state index contributed by atoms with van der Waals surface area (Å²) in [5.74, 6) is 0.910. The molecule has 6 heteroatoms. The van der Waals surface area contributed by atoms with Crippen molar-refractivity contribution < 1.29 is 9.21 Å². The van der Waals surface area contributed by atoms with Crippen molar-refractivity contribution in [3.05, 3.63) is 54.8 Å². The van der Waals surface area contributed by atoms with Crippen molar-refractivity contribution >= 4 is 11.9 Å². The van der Waals surface area contributed by atoms with Gasteiger partial charge < -0.3 is 15.1 Å². The number of carbonyl (C=O) groups is 1. The third kappa shape index (κ3) is 3.67. The molecular formula is C13H14N4O2. The topological polar surface area (TPSA) is 80.0 Å². The lowest BCUT2D eigenvalue weighted by molar-refractivity contribution is 0.0947. The minimum Gasteiger partial charge on any atom is -0.467 e. The summed E-state index contributed by atoms with van der Waals surface area (Å²) in [6.07, 6.45) is 6.20. The average molecular weight is 258 g/mol. The van der Waals surface area contributed by atoms with Gasteiger partial charge in [0.05, 0.1) is 18.4 Å². The van der Waals surface area contributed by atoms with E-state index in [9.17, 15) is 4.79 Å². The molecule has 0 aliphatic rings. The van der Waals surface area contributed by atoms with E-state index in [1.54, 1.807) is 24.5 Å². The smallest absolute Gasteiger partial charge is 0.254 e. The number of aromatic nitrogens is 2. The van der Waals surface area contributed by atoms with Gasteiger partial charge in [0.1, 0.15) is 5.76 Å². The van der Waals surface area contributed by atoms with Gasteiger partial charge in [0, 0.05) is 18.9 Å². The molecule has 2 aromatic rings. The maximum atomic E-state index is 11.8. The van der Waals surface area contributed by atoms with Crippen LogP contribution in [0.3, 0.4) is 0 Å². The Morgan fingerprint density at radius 3 is 2.84 bits per heavy atom. The first kappa shape index (κ1) is 12.8. The fraction of sp³-hybridized carbons (Fsp3) is 0.154. The third-order valence-electron chi connectivity index (χ3n) is 2.32. The summed E-state index contributed by atoms with van der Waals surface area (Å²) < 4.78 is 5.12. The Morgan fingerprint density at radius 2 is 2.21 bits per heavy atom. The maximum absolute atomic E-state index is 11.8. The predicted molar refractivity (Wildman–Crippen MR) is 70.6 cm³/mol. The number of rotatable bonds is 6. The van der Waals surface area contributed by atoms with Crippen LogP contribution in [0.15, 0.2) is 47.9 Å². The Labute approximate surface area is 110 Å². The van der Waals surface area contributed by atoms with Crippen molar-refractivity contribution in [2.75, 3.05) is 11.9 Å². The van der Waals surface area contributed by atoms with Gasteiger partial charge in [-0.15, -0.1) is 6.58 Å². The number of carbonyl (C=O) groups excluding carboxylic acids is 1. The van der Waals surface area contributed by atoms with E-state index in [0.717, 1.165) is 0 Å². The molecule has 2 heterocycles. The number of hydrogen-bond donors (Lipinski definition) is 2. The number of amides is 1. The summed E-state index contributed by atoms with van der Waals surface area (Å²) >= 11 is 0. The number of hydrogen-bond acceptors (Lipinski definition) is 5. The average Bonchev–Trinajstić information content (AvgIpc) is 2.96. The summed E-state index contributed by atoms with van der Waals surface area (Å²) in [5.41, 5.74) is 0.399. The molecule has 0 aromatic carbocycles. The van der Waals surface area contributed by atoms with Crippen molar-refractivity contribution in [1.82, 2.24) is 15.3 Å². The zero-order chi connectivity index (χ0) is 13.5. The first-order valence-corrected chi connectivity index (χ1v) is 5.77. The van der Waals surface area contributed by atoms with Crippen molar-refractivity contribution in [2.45, 2.75) is 6.54 Å². The molecule has 0 saturated heterocycles. The van der Waals surface area contributed by atoms with Crippen molar-refractivity contribution in [1.29, 1.82) is 0 Å². The second-order valence-corrected chi connectivity index (χ2v) is 3.73. The van der Waals surface area contributed by atoms with E-state index in [2.05, 4.69) is 27.2 Å². The summed E-state index contributed by atoms with van der Waals surface area (Å²) in [4.78, 5) is 19.9. The third-order valence-corrected chi connectivity index (χ3v) is 2.32. The molecule has 98 valence electrons. The quantitative estimate of drug-likeness (QED) is 0.769. The second kappa shape index (κ2) is 6.34. The van der Waals surface area contributed by atoms with Crippen LogP contribution in [0.1, 0.15) is 16.1 Å². The van der Waals surface area contributed by atoms with Crippen LogP contribution in [0.2, 0.25) is 0 Å². The summed E-state index contributed by atoms with van der Waals surface area (Å²) in [5, 5.41) is 5.64. The molecule has 0 saturated carbocycles. The normalized spacial score (nSPS) is 9.89. The van der Waals surface area contributed by atoms with E-state index < -0.39 is 0 Å². The van der Waals surface area contributed by atoms with Gasteiger partial charge in [0.15, 0.2) is 0 Å². The highest BCUT2D eigenvalue weighted by Crippen LogP contribution is 2.02. The highest BCUT2D eigenvalue weighted by atomic mass is 16.3. The van der Waals surface area contributed by atoms with Gasteiger partial charge >= 0.3 is 0 Å². The van der Waals surface area contributed by atoms with Crippen LogP contribution in [0.25, 0.3) is 0 Å². The Kier molecular flexibility index (Phi) is 4.28. The fourth-order valence-corrected chi connectivity index (χ4v) is 1.38. The molecule has 1 amide bonds. The largest absolute Gasteiger partial charge is 0.467 e. The van der Waals surface area contributed by atoms with Crippen LogP contribution in [0.4, 0.5) is 5.95 Å². The zero-order valence-corrected chi connectivity index (χ0v) is 10.3. The van der Waals surface area contributed by atoms with Gasteiger partial charge in [-0.05, 0) is 12.1 Å². The summed E-state index contributed by atoms with van der Waals surface area (Å²) in [6.45, 7) is 4.49. The fourth-order valence-electron chi connectivity index (χ4n) is 1.38. The van der Waals surface area contributed by atoms with Crippen LogP contribution in [-0.4, -0.2) is 22.4 Å². The molecular weight excluding hydrogens is 244 g/mol. The molecule has 0 aliphatic heterocycles. The van der Waals surface area contributed by atoms with Crippen LogP contribution >= 0.6 is 0 Å². The first-order valence-electron chi connectivity index (χ1n) is 5.77. The van der Waals surface area contributed by atoms with Gasteiger partial charge in [0.2, 0.25) is 5.95 Å². The number of anilines is 1. The highest BCUT2D eigenvalue weighted by molar-refractivity contribution is 5.93. The van der Waals surface area contributed by atoms with Gasteiger partial charge in [-0.25, -0.2) is 9.97 Å². The Morgan fingerprint density at radius 1 is 1.42 bits per heavy atom. The van der Waals surface area contributed by atoms with Crippen LogP contribution in [0.5, 0.6) is 0 Å².